The third-order valence-corrected chi connectivity index (χ3v) is 5.55. The van der Waals surface area contributed by atoms with E-state index in [1.807, 2.05) is 30.3 Å². The van der Waals surface area contributed by atoms with E-state index in [1.54, 1.807) is 24.3 Å². The van der Waals surface area contributed by atoms with Crippen LogP contribution in [0.2, 0.25) is 0 Å². The highest BCUT2D eigenvalue weighted by Crippen LogP contribution is 2.33. The van der Waals surface area contributed by atoms with Crippen LogP contribution in [-0.2, 0) is 33.3 Å². The number of rotatable bonds is 8. The van der Waals surface area contributed by atoms with E-state index in [9.17, 15) is 14.4 Å². The molecule has 0 radical (unpaired) electrons. The largest absolute Gasteiger partial charge is 0.461 e. The molecule has 0 aliphatic carbocycles. The van der Waals surface area contributed by atoms with Crippen LogP contribution in [-0.4, -0.2) is 53.0 Å². The second-order valence-electron chi connectivity index (χ2n) is 7.43. The summed E-state index contributed by atoms with van der Waals surface area (Å²) in [4.78, 5) is 35.4. The summed E-state index contributed by atoms with van der Waals surface area (Å²) in [7, 11) is 0. The molecular formula is C24H25IO9. The van der Waals surface area contributed by atoms with Gasteiger partial charge < -0.3 is 28.4 Å². The topological polar surface area (TPSA) is 107 Å². The van der Waals surface area contributed by atoms with Crippen molar-refractivity contribution in [2.24, 2.45) is 0 Å². The summed E-state index contributed by atoms with van der Waals surface area (Å²) in [5.74, 6) is -0.332. The molecule has 1 aliphatic rings. The maximum atomic E-state index is 11.9. The molecule has 1 heterocycles. The number of hydrogen-bond donors (Lipinski definition) is 0. The predicted octanol–water partition coefficient (Wildman–Crippen LogP) is 3.81. The molecule has 9 nitrogen and oxygen atoms in total. The van der Waals surface area contributed by atoms with E-state index in [0.717, 1.165) is 0 Å². The van der Waals surface area contributed by atoms with E-state index in [-0.39, 0.29) is 0 Å². The molecule has 0 bridgehead atoms. The zero-order valence-corrected chi connectivity index (χ0v) is 21.0. The molecule has 2 aromatic rings. The molecule has 10 heteroatoms. The number of carbonyl (C=O) groups is 3. The minimum atomic E-state index is -1.19. The number of esters is 3. The van der Waals surface area contributed by atoms with E-state index < -0.39 is 48.6 Å². The first-order valence-electron chi connectivity index (χ1n) is 10.5. The minimum absolute atomic E-state index is 0.371. The fourth-order valence-electron chi connectivity index (χ4n) is 3.44. The quantitative estimate of drug-likeness (QED) is 0.198. The third kappa shape index (κ3) is 7.07. The van der Waals surface area contributed by atoms with Crippen molar-refractivity contribution in [1.29, 1.82) is 0 Å². The minimum Gasteiger partial charge on any atom is -0.461 e. The van der Waals surface area contributed by atoms with Gasteiger partial charge in [0.05, 0.1) is 0 Å². The van der Waals surface area contributed by atoms with Crippen molar-refractivity contribution in [2.75, 3.05) is 4.43 Å². The Hall–Kier alpha value is -2.86. The van der Waals surface area contributed by atoms with Gasteiger partial charge >= 0.3 is 17.9 Å². The zero-order chi connectivity index (χ0) is 24.7. The van der Waals surface area contributed by atoms with Crippen molar-refractivity contribution >= 4 is 40.5 Å². The number of halogens is 1. The van der Waals surface area contributed by atoms with Gasteiger partial charge in [-0.2, -0.15) is 0 Å². The van der Waals surface area contributed by atoms with Crippen molar-refractivity contribution < 1.29 is 42.8 Å². The molecule has 182 valence electrons. The van der Waals surface area contributed by atoms with E-state index in [4.69, 9.17) is 28.4 Å². The Morgan fingerprint density at radius 3 is 1.94 bits per heavy atom. The lowest BCUT2D eigenvalue weighted by atomic mass is 9.99. The molecule has 0 amide bonds. The summed E-state index contributed by atoms with van der Waals surface area (Å²) in [6.45, 7) is 3.66. The number of para-hydroxylation sites is 1. The van der Waals surface area contributed by atoms with Crippen molar-refractivity contribution in [1.82, 2.24) is 0 Å². The van der Waals surface area contributed by atoms with Gasteiger partial charge in [-0.25, -0.2) is 0 Å². The zero-order valence-electron chi connectivity index (χ0n) is 18.8. The van der Waals surface area contributed by atoms with Crippen molar-refractivity contribution in [2.45, 2.75) is 51.5 Å². The standard InChI is InChI=1S/C24H25IO9/c1-14(26)29-21-20(13-25)34-24(23(31-16(3)28)22(21)30-15(2)27)33-19-11-7-10-18(12-19)32-17-8-5-4-6-9-17/h4-12,20-24H,13H2,1-3H3/t20-,21+,22+,23+,24-/m0/s1. The van der Waals surface area contributed by atoms with Crippen LogP contribution in [0.15, 0.2) is 54.6 Å². The first kappa shape index (κ1) is 25.8. The van der Waals surface area contributed by atoms with E-state index in [2.05, 4.69) is 22.6 Å². The lowest BCUT2D eigenvalue weighted by Gasteiger charge is -2.43. The normalized spacial score (nSPS) is 23.9. The van der Waals surface area contributed by atoms with Gasteiger partial charge in [-0.15, -0.1) is 0 Å². The van der Waals surface area contributed by atoms with Crippen LogP contribution in [0.5, 0.6) is 17.2 Å². The van der Waals surface area contributed by atoms with Gasteiger partial charge in [-0.1, -0.05) is 46.9 Å². The van der Waals surface area contributed by atoms with Gasteiger partial charge in [-0.05, 0) is 24.3 Å². The summed E-state index contributed by atoms with van der Waals surface area (Å²) in [6, 6.07) is 16.1. The maximum absolute atomic E-state index is 11.9. The summed E-state index contributed by atoms with van der Waals surface area (Å²) in [5.41, 5.74) is 0. The van der Waals surface area contributed by atoms with Crippen molar-refractivity contribution in [3.8, 4) is 17.2 Å². The molecular weight excluding hydrogens is 559 g/mol. The lowest BCUT2D eigenvalue weighted by molar-refractivity contribution is -0.279. The number of carbonyl (C=O) groups excluding carboxylic acids is 3. The fourth-order valence-corrected chi connectivity index (χ4v) is 4.15. The van der Waals surface area contributed by atoms with Gasteiger partial charge in [0.15, 0.2) is 12.2 Å². The molecule has 5 atom stereocenters. The monoisotopic (exact) mass is 584 g/mol. The first-order valence-corrected chi connectivity index (χ1v) is 12.0. The Morgan fingerprint density at radius 2 is 1.32 bits per heavy atom. The molecule has 0 aromatic heterocycles. The summed E-state index contributed by atoms with van der Waals surface area (Å²) in [5, 5.41) is 0. The molecule has 0 unspecified atom stereocenters. The molecule has 1 saturated heterocycles. The number of benzene rings is 2. The number of ether oxygens (including phenoxy) is 6. The summed E-state index contributed by atoms with van der Waals surface area (Å²) < 4.78 is 34.5. The fraction of sp³-hybridized carbons (Fsp3) is 0.375. The second kappa shape index (κ2) is 12.0. The summed E-state index contributed by atoms with van der Waals surface area (Å²) in [6.07, 6.45) is -5.15. The molecule has 0 saturated carbocycles. The average molecular weight is 584 g/mol. The molecule has 3 rings (SSSR count). The molecule has 0 N–H and O–H groups in total. The molecule has 34 heavy (non-hydrogen) atoms. The van der Waals surface area contributed by atoms with Gasteiger partial charge in [-0.3, -0.25) is 14.4 Å². The van der Waals surface area contributed by atoms with Crippen LogP contribution in [0, 0.1) is 0 Å². The Labute approximate surface area is 210 Å². The Bertz CT molecular complexity index is 997. The highest BCUT2D eigenvalue weighted by molar-refractivity contribution is 14.1. The van der Waals surface area contributed by atoms with Crippen molar-refractivity contribution in [3.05, 3.63) is 54.6 Å². The smallest absolute Gasteiger partial charge is 0.303 e. The van der Waals surface area contributed by atoms with Crippen molar-refractivity contribution in [3.63, 3.8) is 0 Å². The molecule has 2 aromatic carbocycles. The lowest BCUT2D eigenvalue weighted by Crippen LogP contribution is -2.63. The van der Waals surface area contributed by atoms with Gasteiger partial charge in [0.25, 0.3) is 0 Å². The van der Waals surface area contributed by atoms with E-state index in [0.29, 0.717) is 21.7 Å². The molecule has 1 fully saturated rings. The van der Waals surface area contributed by atoms with Crippen LogP contribution in [0.1, 0.15) is 20.8 Å². The number of alkyl halides is 1. The van der Waals surface area contributed by atoms with Crippen LogP contribution in [0.3, 0.4) is 0 Å². The predicted molar refractivity (Wildman–Crippen MR) is 128 cm³/mol. The average Bonchev–Trinajstić information content (AvgIpc) is 2.77. The van der Waals surface area contributed by atoms with Gasteiger partial charge in [0.2, 0.25) is 12.4 Å². The van der Waals surface area contributed by atoms with Gasteiger partial charge in [0.1, 0.15) is 23.4 Å². The first-order chi connectivity index (χ1) is 16.3. The van der Waals surface area contributed by atoms with E-state index in [1.165, 1.54) is 20.8 Å². The Balaban J connectivity index is 1.89. The van der Waals surface area contributed by atoms with Gasteiger partial charge in [0, 0.05) is 31.3 Å². The van der Waals surface area contributed by atoms with Crippen LogP contribution in [0.4, 0.5) is 0 Å². The highest BCUT2D eigenvalue weighted by atomic mass is 127. The molecule has 0 spiro atoms. The highest BCUT2D eigenvalue weighted by Gasteiger charge is 2.52. The third-order valence-electron chi connectivity index (χ3n) is 4.69. The SMILES string of the molecule is CC(=O)O[C@H]1[C@@H](OC(C)=O)[C@@H](Oc2cccc(Oc3ccccc3)c2)O[C@@H](CI)[C@H]1OC(C)=O. The van der Waals surface area contributed by atoms with E-state index >= 15 is 0 Å². The van der Waals surface area contributed by atoms with Crippen LogP contribution >= 0.6 is 22.6 Å². The Kier molecular flexibility index (Phi) is 9.11. The van der Waals surface area contributed by atoms with Crippen LogP contribution in [0.25, 0.3) is 0 Å². The number of hydrogen-bond acceptors (Lipinski definition) is 9. The summed E-state index contributed by atoms with van der Waals surface area (Å²) >= 11 is 2.06. The van der Waals surface area contributed by atoms with Crippen LogP contribution < -0.4 is 9.47 Å². The maximum Gasteiger partial charge on any atom is 0.303 e. The Morgan fingerprint density at radius 1 is 0.765 bits per heavy atom. The molecule has 1 aliphatic heterocycles. The second-order valence-corrected chi connectivity index (χ2v) is 8.31.